The highest BCUT2D eigenvalue weighted by atomic mass is 28.4. The van der Waals surface area contributed by atoms with Crippen molar-refractivity contribution < 1.29 is 23.5 Å². The monoisotopic (exact) mass is 394 g/mol. The van der Waals surface area contributed by atoms with Crippen molar-refractivity contribution in [3.63, 3.8) is 0 Å². The third kappa shape index (κ3) is 24.2. The van der Waals surface area contributed by atoms with E-state index in [9.17, 15) is 0 Å². The molecule has 0 saturated heterocycles. The van der Waals surface area contributed by atoms with Crippen molar-refractivity contribution in [2.24, 2.45) is 0 Å². The number of hydrogen-bond acceptors (Lipinski definition) is 5. The quantitative estimate of drug-likeness (QED) is 0.125. The van der Waals surface area contributed by atoms with Gasteiger partial charge in [0.1, 0.15) is 0 Å². The van der Waals surface area contributed by atoms with Crippen LogP contribution >= 0.6 is 0 Å². The first-order chi connectivity index (χ1) is 12.1. The highest BCUT2D eigenvalue weighted by molar-refractivity contribution is 6.48. The molecule has 5 nitrogen and oxygen atoms in total. The highest BCUT2D eigenvalue weighted by Gasteiger charge is 2.32. The van der Waals surface area contributed by atoms with E-state index >= 15 is 0 Å². The van der Waals surface area contributed by atoms with Crippen molar-refractivity contribution in [1.82, 2.24) is 0 Å². The zero-order chi connectivity index (χ0) is 18.6. The Kier molecular flexibility index (Phi) is 19.2. The first-order valence-electron chi connectivity index (χ1n) is 10.5. The van der Waals surface area contributed by atoms with E-state index in [4.69, 9.17) is 14.4 Å². The normalized spacial score (nSPS) is 12.5. The molecule has 0 saturated carbocycles. The van der Waals surface area contributed by atoms with Crippen molar-refractivity contribution in [3.05, 3.63) is 0 Å². The maximum atomic E-state index is 8.59. The zero-order valence-corrected chi connectivity index (χ0v) is 18.8. The van der Waals surface area contributed by atoms with E-state index in [2.05, 4.69) is 16.1 Å². The molecule has 0 aliphatic rings. The van der Waals surface area contributed by atoms with E-state index in [1.54, 1.807) is 0 Å². The van der Waals surface area contributed by atoms with Crippen LogP contribution in [0.15, 0.2) is 0 Å². The lowest BCUT2D eigenvalue weighted by Crippen LogP contribution is -2.39. The maximum Gasteiger partial charge on any atom is 0.698 e. The van der Waals surface area contributed by atoms with Gasteiger partial charge in [-0.3, -0.25) is 4.58 Å². The van der Waals surface area contributed by atoms with Crippen LogP contribution in [0.2, 0.25) is 6.04 Å². The number of unbranched alkanes of at least 4 members (excludes halogenated alkanes) is 15. The Morgan fingerprint density at radius 1 is 0.600 bits per heavy atom. The minimum Gasteiger partial charge on any atom is -0.366 e. The third-order valence-electron chi connectivity index (χ3n) is 4.50. The summed E-state index contributed by atoms with van der Waals surface area (Å²) in [5.74, 6) is 0. The standard InChI is InChI=1S/C18H42O5Si2/c1-2-3-4-5-6-7-8-9-10-11-12-13-14-15-16-17-18-24-22-23-25(19,20)21/h19-21H,2-18,24H2,1H3. The van der Waals surface area contributed by atoms with Crippen LogP contribution in [0, 0.1) is 0 Å². The van der Waals surface area contributed by atoms with Crippen molar-refractivity contribution in [2.75, 3.05) is 0 Å². The Hall–Kier alpha value is 0.234. The third-order valence-corrected chi connectivity index (χ3v) is 6.15. The number of rotatable bonds is 20. The number of hydrogen-bond donors (Lipinski definition) is 3. The fraction of sp³-hybridized carbons (Fsp3) is 1.00. The van der Waals surface area contributed by atoms with Gasteiger partial charge in [0.05, 0.1) is 0 Å². The summed E-state index contributed by atoms with van der Waals surface area (Å²) in [6.07, 6.45) is 21.7. The summed E-state index contributed by atoms with van der Waals surface area (Å²) in [5.41, 5.74) is 0. The summed E-state index contributed by atoms with van der Waals surface area (Å²) in [6.45, 7) is 2.27. The van der Waals surface area contributed by atoms with Gasteiger partial charge in [-0.2, -0.15) is 0 Å². The van der Waals surface area contributed by atoms with Gasteiger partial charge in [0.15, 0.2) is 0 Å². The van der Waals surface area contributed by atoms with Crippen LogP contribution in [0.1, 0.15) is 110 Å². The molecule has 0 heterocycles. The molecule has 0 aromatic rings. The SMILES string of the molecule is CCCCCCCCCCCCCCCCCC[SiH2]OO[Si](O)(O)O. The Morgan fingerprint density at radius 2 is 0.960 bits per heavy atom. The summed E-state index contributed by atoms with van der Waals surface area (Å²) >= 11 is 0. The van der Waals surface area contributed by atoms with Gasteiger partial charge in [-0.25, -0.2) is 4.58 Å². The molecule has 0 fully saturated rings. The van der Waals surface area contributed by atoms with Crippen molar-refractivity contribution in [1.29, 1.82) is 0 Å². The van der Waals surface area contributed by atoms with E-state index in [-0.39, 0.29) is 0 Å². The maximum absolute atomic E-state index is 8.59. The summed E-state index contributed by atoms with van der Waals surface area (Å²) in [5, 5.41) is 0. The summed E-state index contributed by atoms with van der Waals surface area (Å²) in [6, 6.07) is 0.947. The van der Waals surface area contributed by atoms with E-state index in [1.165, 1.54) is 96.3 Å². The second kappa shape index (κ2) is 19.0. The second-order valence-corrected chi connectivity index (χ2v) is 9.80. The van der Waals surface area contributed by atoms with Gasteiger partial charge >= 0.3 is 9.05 Å². The predicted octanol–water partition coefficient (Wildman–Crippen LogP) is 4.11. The fourth-order valence-corrected chi connectivity index (χ4v) is 4.65. The van der Waals surface area contributed by atoms with Crippen LogP contribution in [0.3, 0.4) is 0 Å². The van der Waals surface area contributed by atoms with Crippen molar-refractivity contribution >= 4 is 18.8 Å². The Morgan fingerprint density at radius 3 is 1.32 bits per heavy atom. The van der Waals surface area contributed by atoms with Crippen LogP contribution in [0.5, 0.6) is 0 Å². The molecule has 0 aromatic carbocycles. The molecule has 0 radical (unpaired) electrons. The molecule has 0 amide bonds. The molecule has 0 aromatic heterocycles. The topological polar surface area (TPSA) is 79.2 Å². The lowest BCUT2D eigenvalue weighted by Gasteiger charge is -2.08. The van der Waals surface area contributed by atoms with Gasteiger partial charge in [0, 0.05) is 0 Å². The molecule has 0 unspecified atom stereocenters. The first kappa shape index (κ1) is 25.2. The summed E-state index contributed by atoms with van der Waals surface area (Å²) < 4.78 is 8.80. The van der Waals surface area contributed by atoms with Gasteiger partial charge < -0.3 is 14.4 Å². The molecule has 0 rings (SSSR count). The smallest absolute Gasteiger partial charge is 0.366 e. The lowest BCUT2D eigenvalue weighted by molar-refractivity contribution is -0.178. The van der Waals surface area contributed by atoms with E-state index < -0.39 is 18.8 Å². The predicted molar refractivity (Wildman–Crippen MR) is 107 cm³/mol. The van der Waals surface area contributed by atoms with E-state index in [0.717, 1.165) is 12.5 Å². The van der Waals surface area contributed by atoms with Gasteiger partial charge in [-0.1, -0.05) is 110 Å². The van der Waals surface area contributed by atoms with Crippen LogP contribution in [0.25, 0.3) is 0 Å². The molecule has 25 heavy (non-hydrogen) atoms. The summed E-state index contributed by atoms with van der Waals surface area (Å²) in [4.78, 5) is 25.8. The molecule has 7 heteroatoms. The molecule has 0 aliphatic heterocycles. The molecule has 0 spiro atoms. The summed E-state index contributed by atoms with van der Waals surface area (Å²) in [7, 11) is -5.36. The average Bonchev–Trinajstić information content (AvgIpc) is 2.56. The van der Waals surface area contributed by atoms with Gasteiger partial charge in [-0.15, -0.1) is 0 Å². The minimum absolute atomic E-state index is 0.901. The van der Waals surface area contributed by atoms with Crippen molar-refractivity contribution in [2.45, 2.75) is 116 Å². The van der Waals surface area contributed by atoms with Gasteiger partial charge in [0.25, 0.3) is 0 Å². The first-order valence-corrected chi connectivity index (χ1v) is 13.9. The Bertz CT molecular complexity index is 262. The fourth-order valence-electron chi connectivity index (χ4n) is 3.01. The molecule has 0 aliphatic carbocycles. The van der Waals surface area contributed by atoms with E-state index in [0.29, 0.717) is 0 Å². The average molecular weight is 395 g/mol. The molecular formula is C18H42O5Si2. The molecule has 152 valence electrons. The second-order valence-electron chi connectivity index (χ2n) is 7.14. The van der Waals surface area contributed by atoms with Crippen LogP contribution in [-0.2, 0) is 9.15 Å². The van der Waals surface area contributed by atoms with Crippen LogP contribution in [-0.4, -0.2) is 33.2 Å². The molecule has 0 atom stereocenters. The minimum atomic E-state index is -4.46. The van der Waals surface area contributed by atoms with Gasteiger partial charge in [0.2, 0.25) is 9.76 Å². The lowest BCUT2D eigenvalue weighted by atomic mass is 10.0. The van der Waals surface area contributed by atoms with Crippen LogP contribution in [0.4, 0.5) is 0 Å². The zero-order valence-electron chi connectivity index (χ0n) is 16.4. The molecule has 0 bridgehead atoms. The molecular weight excluding hydrogens is 352 g/mol. The van der Waals surface area contributed by atoms with Gasteiger partial charge in [-0.05, 0) is 6.04 Å². The Labute approximate surface area is 158 Å². The largest absolute Gasteiger partial charge is 0.698 e. The van der Waals surface area contributed by atoms with Crippen LogP contribution < -0.4 is 0 Å². The van der Waals surface area contributed by atoms with E-state index in [1.807, 2.05) is 0 Å². The van der Waals surface area contributed by atoms with Crippen molar-refractivity contribution in [3.8, 4) is 0 Å². The Balaban J connectivity index is 3.01. The molecule has 3 N–H and O–H groups in total. The highest BCUT2D eigenvalue weighted by Crippen LogP contribution is 2.14.